The Labute approximate surface area is 212 Å². The molecule has 0 aliphatic heterocycles. The lowest BCUT2D eigenvalue weighted by molar-refractivity contribution is -0.481. The molecule has 0 radical (unpaired) electrons. The fourth-order valence-electron chi connectivity index (χ4n) is 3.26. The van der Waals surface area contributed by atoms with Gasteiger partial charge < -0.3 is 5.32 Å². The molecule has 174 valence electrons. The zero-order valence-electron chi connectivity index (χ0n) is 17.9. The zero-order chi connectivity index (χ0) is 24.5. The van der Waals surface area contributed by atoms with Crippen LogP contribution in [0.4, 0.5) is 11.4 Å². The molecule has 0 saturated carbocycles. The number of carbonyl (C=O) groups excluding carboxylic acids is 3. The highest BCUT2D eigenvalue weighted by Crippen LogP contribution is 2.31. The summed E-state index contributed by atoms with van der Waals surface area (Å²) < 4.78 is 0. The number of nitrogens with two attached hydrogens (primary N) is 1. The van der Waals surface area contributed by atoms with Crippen molar-refractivity contribution >= 4 is 75.2 Å². The van der Waals surface area contributed by atoms with E-state index in [-0.39, 0.29) is 29.5 Å². The van der Waals surface area contributed by atoms with Gasteiger partial charge >= 0.3 is 5.91 Å². The number of halogens is 3. The predicted molar refractivity (Wildman–Crippen MR) is 137 cm³/mol. The van der Waals surface area contributed by atoms with E-state index in [1.807, 2.05) is 48.6 Å². The Bertz CT molecular complexity index is 1120. The summed E-state index contributed by atoms with van der Waals surface area (Å²) in [5.41, 5.74) is 5.52. The van der Waals surface area contributed by atoms with Crippen molar-refractivity contribution in [3.05, 3.63) is 89.5 Å². The molecule has 0 unspecified atom stereocenters. The van der Waals surface area contributed by atoms with E-state index >= 15 is 0 Å². The van der Waals surface area contributed by atoms with Crippen LogP contribution in [0.15, 0.2) is 83.4 Å². The first-order valence-electron chi connectivity index (χ1n) is 10.2. The predicted octanol–water partition coefficient (Wildman–Crippen LogP) is 3.96. The summed E-state index contributed by atoms with van der Waals surface area (Å²) in [7, 11) is 0. The number of amides is 3. The Morgan fingerprint density at radius 3 is 1.88 bits per heavy atom. The van der Waals surface area contributed by atoms with Crippen molar-refractivity contribution in [3.63, 3.8) is 0 Å². The van der Waals surface area contributed by atoms with Crippen molar-refractivity contribution in [1.29, 1.82) is 0 Å². The van der Waals surface area contributed by atoms with Gasteiger partial charge in [-0.25, -0.2) is 15.1 Å². The van der Waals surface area contributed by atoms with Gasteiger partial charge in [0.2, 0.25) is 5.91 Å². The van der Waals surface area contributed by atoms with Gasteiger partial charge in [0.05, 0.1) is 5.71 Å². The van der Waals surface area contributed by atoms with Gasteiger partial charge in [-0.2, -0.15) is 0 Å². The van der Waals surface area contributed by atoms with Gasteiger partial charge in [-0.1, -0.05) is 24.3 Å². The summed E-state index contributed by atoms with van der Waals surface area (Å²) >= 11 is 16.7. The molecule has 2 aromatic rings. The minimum Gasteiger partial charge on any atom is -0.325 e. The van der Waals surface area contributed by atoms with Crippen molar-refractivity contribution in [2.75, 3.05) is 23.0 Å². The summed E-state index contributed by atoms with van der Waals surface area (Å²) in [5.74, 6) is -1.25. The molecular weight excluding hydrogens is 497 g/mol. The third-order valence-corrected chi connectivity index (χ3v) is 5.50. The number of quaternary nitrogens is 1. The second-order valence-electron chi connectivity index (χ2n) is 7.19. The van der Waals surface area contributed by atoms with Gasteiger partial charge in [0.1, 0.15) is 23.3 Å². The van der Waals surface area contributed by atoms with E-state index in [4.69, 9.17) is 34.8 Å². The van der Waals surface area contributed by atoms with Crippen LogP contribution in [0.25, 0.3) is 5.57 Å². The molecule has 3 N–H and O–H groups in total. The molecule has 3 rings (SSSR count). The quantitative estimate of drug-likeness (QED) is 0.430. The topological polar surface area (TPSA) is 92.2 Å². The summed E-state index contributed by atoms with van der Waals surface area (Å²) in [6.07, 6.45) is 7.23. The van der Waals surface area contributed by atoms with Crippen LogP contribution in [-0.4, -0.2) is 41.1 Å². The first kappa shape index (κ1) is 25.6. The molecule has 34 heavy (non-hydrogen) atoms. The van der Waals surface area contributed by atoms with Crippen LogP contribution in [0.1, 0.15) is 11.1 Å². The first-order chi connectivity index (χ1) is 16.4. The lowest BCUT2D eigenvalue weighted by atomic mass is 9.90. The highest BCUT2D eigenvalue weighted by atomic mass is 35.5. The lowest BCUT2D eigenvalue weighted by Gasteiger charge is -2.15. The van der Waals surface area contributed by atoms with Gasteiger partial charge in [0.15, 0.2) is 0 Å². The molecule has 6 nitrogen and oxygen atoms in total. The van der Waals surface area contributed by atoms with E-state index < -0.39 is 5.91 Å². The smallest absolute Gasteiger partial charge is 0.325 e. The fraction of sp³-hybridized carbons (Fsp3) is 0.120. The number of benzene rings is 2. The van der Waals surface area contributed by atoms with Gasteiger partial charge in [-0.15, -0.1) is 34.8 Å². The average molecular weight is 518 g/mol. The maximum atomic E-state index is 11.6. The van der Waals surface area contributed by atoms with Crippen LogP contribution in [0.3, 0.4) is 0 Å². The molecule has 9 heteroatoms. The van der Waals surface area contributed by atoms with Crippen LogP contribution >= 0.6 is 34.8 Å². The fourth-order valence-corrected chi connectivity index (χ4v) is 3.47. The van der Waals surface area contributed by atoms with E-state index in [0.717, 1.165) is 28.0 Å². The van der Waals surface area contributed by atoms with Crippen molar-refractivity contribution in [2.24, 2.45) is 4.99 Å². The number of nitrogens with zero attached hydrogens (tertiary/aromatic N) is 1. The average Bonchev–Trinajstić information content (AvgIpc) is 2.87. The number of alkyl halides is 3. The third-order valence-electron chi connectivity index (χ3n) is 4.76. The Morgan fingerprint density at radius 2 is 1.35 bits per heavy atom. The van der Waals surface area contributed by atoms with Crippen molar-refractivity contribution in [3.8, 4) is 0 Å². The standard InChI is InChI=1S/C25H20Cl3N3O3/c26-13-22(32)29-19-7-1-16(2-8-19)25(17-3-9-20(10-4-17)30-23(33)14-27)18-5-11-21(12-6-18)31-24(34)15-28/h1-12H,13-15H2,(H,29,32)(H,30,33)/p+1. The second-order valence-corrected chi connectivity index (χ2v) is 7.99. The molecule has 0 bridgehead atoms. The molecule has 2 aromatic carbocycles. The number of aliphatic imine (C=N–C) groups is 1. The highest BCUT2D eigenvalue weighted by Gasteiger charge is 2.14. The maximum Gasteiger partial charge on any atom is 0.330 e. The molecule has 0 atom stereocenters. The molecule has 0 heterocycles. The third kappa shape index (κ3) is 6.98. The summed E-state index contributed by atoms with van der Waals surface area (Å²) in [4.78, 5) is 38.7. The molecule has 1 aliphatic rings. The Morgan fingerprint density at radius 1 is 0.765 bits per heavy atom. The normalized spacial score (nSPS) is 12.4. The number of allylic oxidation sites excluding steroid dienone is 5. The largest absolute Gasteiger partial charge is 0.330 e. The molecule has 0 aromatic heterocycles. The summed E-state index contributed by atoms with van der Waals surface area (Å²) in [5, 5.41) is 4.21. The molecule has 3 amide bonds. The minimum absolute atomic E-state index is 0.0741. The van der Waals surface area contributed by atoms with Crippen LogP contribution in [0, 0.1) is 0 Å². The van der Waals surface area contributed by atoms with Crippen LogP contribution < -0.4 is 10.6 Å². The number of primary amides is 1. The zero-order valence-corrected chi connectivity index (χ0v) is 20.2. The van der Waals surface area contributed by atoms with E-state index in [1.165, 1.54) is 5.32 Å². The molecule has 0 saturated heterocycles. The first-order valence-corrected chi connectivity index (χ1v) is 11.8. The van der Waals surface area contributed by atoms with Gasteiger partial charge in [-0.05, 0) is 58.7 Å². The van der Waals surface area contributed by atoms with E-state index in [1.54, 1.807) is 24.3 Å². The summed E-state index contributed by atoms with van der Waals surface area (Å²) in [6, 6.07) is 14.9. The Balaban J connectivity index is 2.00. The number of nitrogens with one attached hydrogen (secondary N) is 1. The SMILES string of the molecule is O=C(CCl)N=C1C=CC(=C(c2ccc(NC(=O)CCl)cc2)c2ccc([NH2+]C(=O)CCl)cc2)C=C1. The molecule has 1 aliphatic carbocycles. The molecule has 0 spiro atoms. The number of carbonyl (C=O) groups is 3. The highest BCUT2D eigenvalue weighted by molar-refractivity contribution is 6.29. The Kier molecular flexibility index (Phi) is 9.36. The van der Waals surface area contributed by atoms with Crippen LogP contribution in [-0.2, 0) is 14.4 Å². The van der Waals surface area contributed by atoms with Gasteiger partial charge in [0, 0.05) is 17.8 Å². The second kappa shape index (κ2) is 12.4. The summed E-state index contributed by atoms with van der Waals surface area (Å²) in [6.45, 7) is 0. The van der Waals surface area contributed by atoms with Crippen molar-refractivity contribution in [1.82, 2.24) is 0 Å². The molecule has 0 fully saturated rings. The van der Waals surface area contributed by atoms with E-state index in [2.05, 4.69) is 10.3 Å². The monoisotopic (exact) mass is 516 g/mol. The molecular formula is C25H21Cl3N3O3+. The maximum absolute atomic E-state index is 11.6. The van der Waals surface area contributed by atoms with Gasteiger partial charge in [-0.3, -0.25) is 9.59 Å². The Hall–Kier alpha value is -3.03. The number of anilines is 1. The number of rotatable bonds is 7. The van der Waals surface area contributed by atoms with Crippen LogP contribution in [0.5, 0.6) is 0 Å². The van der Waals surface area contributed by atoms with E-state index in [9.17, 15) is 14.4 Å². The minimum atomic E-state index is -0.411. The van der Waals surface area contributed by atoms with Gasteiger partial charge in [0.25, 0.3) is 5.91 Å². The lowest BCUT2D eigenvalue weighted by Crippen LogP contribution is -2.82. The number of hydrogen-bond acceptors (Lipinski definition) is 3. The number of hydrogen-bond donors (Lipinski definition) is 2. The van der Waals surface area contributed by atoms with E-state index in [0.29, 0.717) is 11.4 Å². The van der Waals surface area contributed by atoms with Crippen molar-refractivity contribution in [2.45, 2.75) is 0 Å². The van der Waals surface area contributed by atoms with Crippen molar-refractivity contribution < 1.29 is 19.7 Å². The van der Waals surface area contributed by atoms with Crippen LogP contribution in [0.2, 0.25) is 0 Å².